The van der Waals surface area contributed by atoms with Gasteiger partial charge in [-0.2, -0.15) is 11.3 Å². The van der Waals surface area contributed by atoms with Gasteiger partial charge in [-0.3, -0.25) is 0 Å². The zero-order chi connectivity index (χ0) is 14.4. The van der Waals surface area contributed by atoms with Gasteiger partial charge in [0.1, 0.15) is 18.1 Å². The van der Waals surface area contributed by atoms with Crippen molar-refractivity contribution in [1.82, 2.24) is 5.32 Å². The van der Waals surface area contributed by atoms with Crippen LogP contribution in [0.15, 0.2) is 35.0 Å². The van der Waals surface area contributed by atoms with Crippen molar-refractivity contribution in [2.24, 2.45) is 0 Å². The average Bonchev–Trinajstić information content (AvgIpc) is 2.98. The molecule has 2 aromatic rings. The van der Waals surface area contributed by atoms with Crippen LogP contribution in [0.5, 0.6) is 11.5 Å². The van der Waals surface area contributed by atoms with Gasteiger partial charge in [-0.1, -0.05) is 13.0 Å². The maximum Gasteiger partial charge on any atom is 0.128 e. The van der Waals surface area contributed by atoms with Gasteiger partial charge >= 0.3 is 0 Å². The molecule has 0 fully saturated rings. The fourth-order valence-corrected chi connectivity index (χ4v) is 2.73. The molecular weight excluding hydrogens is 270 g/mol. The van der Waals surface area contributed by atoms with Gasteiger partial charge in [0.2, 0.25) is 0 Å². The topological polar surface area (TPSA) is 30.5 Å². The predicted octanol–water partition coefficient (Wildman–Crippen LogP) is 4.01. The quantitative estimate of drug-likeness (QED) is 0.836. The first kappa shape index (κ1) is 14.9. The van der Waals surface area contributed by atoms with Crippen molar-refractivity contribution in [2.75, 3.05) is 13.7 Å². The average molecular weight is 291 g/mol. The van der Waals surface area contributed by atoms with Crippen molar-refractivity contribution in [1.29, 1.82) is 0 Å². The fourth-order valence-electron chi connectivity index (χ4n) is 2.08. The summed E-state index contributed by atoms with van der Waals surface area (Å²) < 4.78 is 11.3. The minimum atomic E-state index is 0.253. The SMILES string of the molecule is CCNC(C)c1ccc(OC)cc1OCc1ccsc1. The summed E-state index contributed by atoms with van der Waals surface area (Å²) in [5, 5.41) is 7.58. The van der Waals surface area contributed by atoms with Crippen LogP contribution in [0, 0.1) is 0 Å². The number of hydrogen-bond donors (Lipinski definition) is 1. The summed E-state index contributed by atoms with van der Waals surface area (Å²) in [5.74, 6) is 1.70. The molecule has 1 aromatic heterocycles. The first-order valence-corrected chi connectivity index (χ1v) is 7.74. The second-order valence-corrected chi connectivity index (χ2v) is 5.38. The summed E-state index contributed by atoms with van der Waals surface area (Å²) in [6.45, 7) is 5.76. The molecule has 0 aliphatic rings. The predicted molar refractivity (Wildman–Crippen MR) is 83.7 cm³/mol. The molecule has 0 saturated carbocycles. The number of ether oxygens (including phenoxy) is 2. The summed E-state index contributed by atoms with van der Waals surface area (Å²) in [6.07, 6.45) is 0. The molecule has 1 atom stereocenters. The molecule has 2 rings (SSSR count). The normalized spacial score (nSPS) is 12.2. The van der Waals surface area contributed by atoms with Crippen LogP contribution in [0.4, 0.5) is 0 Å². The molecule has 0 aliphatic heterocycles. The van der Waals surface area contributed by atoms with E-state index >= 15 is 0 Å². The lowest BCUT2D eigenvalue weighted by Crippen LogP contribution is -2.18. The zero-order valence-electron chi connectivity index (χ0n) is 12.2. The Kier molecular flexibility index (Phi) is 5.44. The van der Waals surface area contributed by atoms with Crippen molar-refractivity contribution in [2.45, 2.75) is 26.5 Å². The first-order valence-electron chi connectivity index (χ1n) is 6.79. The van der Waals surface area contributed by atoms with E-state index in [4.69, 9.17) is 9.47 Å². The molecule has 0 radical (unpaired) electrons. The third kappa shape index (κ3) is 3.74. The van der Waals surface area contributed by atoms with E-state index in [1.54, 1.807) is 18.4 Å². The number of hydrogen-bond acceptors (Lipinski definition) is 4. The minimum Gasteiger partial charge on any atom is -0.497 e. The van der Waals surface area contributed by atoms with E-state index in [1.165, 1.54) is 5.56 Å². The van der Waals surface area contributed by atoms with Gasteiger partial charge in [0, 0.05) is 17.7 Å². The molecule has 108 valence electrons. The lowest BCUT2D eigenvalue weighted by molar-refractivity contribution is 0.298. The molecule has 1 N–H and O–H groups in total. The highest BCUT2D eigenvalue weighted by Crippen LogP contribution is 2.30. The monoisotopic (exact) mass is 291 g/mol. The van der Waals surface area contributed by atoms with Gasteiger partial charge in [0.25, 0.3) is 0 Å². The Bertz CT molecular complexity index is 525. The van der Waals surface area contributed by atoms with Gasteiger partial charge < -0.3 is 14.8 Å². The Balaban J connectivity index is 2.18. The van der Waals surface area contributed by atoms with Gasteiger partial charge in [-0.05, 0) is 41.9 Å². The Labute approximate surface area is 124 Å². The first-order chi connectivity index (χ1) is 9.74. The molecule has 20 heavy (non-hydrogen) atoms. The Morgan fingerprint density at radius 3 is 2.80 bits per heavy atom. The van der Waals surface area contributed by atoms with E-state index in [0.29, 0.717) is 6.61 Å². The van der Waals surface area contributed by atoms with Gasteiger partial charge in [-0.25, -0.2) is 0 Å². The highest BCUT2D eigenvalue weighted by Gasteiger charge is 2.12. The van der Waals surface area contributed by atoms with Gasteiger partial charge in [-0.15, -0.1) is 0 Å². The van der Waals surface area contributed by atoms with Crippen molar-refractivity contribution in [3.8, 4) is 11.5 Å². The number of benzene rings is 1. The lowest BCUT2D eigenvalue weighted by atomic mass is 10.1. The van der Waals surface area contributed by atoms with E-state index in [2.05, 4.69) is 42.1 Å². The zero-order valence-corrected chi connectivity index (χ0v) is 13.0. The van der Waals surface area contributed by atoms with Crippen molar-refractivity contribution in [3.05, 3.63) is 46.2 Å². The highest BCUT2D eigenvalue weighted by atomic mass is 32.1. The molecule has 0 spiro atoms. The van der Waals surface area contributed by atoms with Crippen LogP contribution < -0.4 is 14.8 Å². The molecule has 1 unspecified atom stereocenters. The number of rotatable bonds is 7. The van der Waals surface area contributed by atoms with E-state index in [9.17, 15) is 0 Å². The summed E-state index contributed by atoms with van der Waals surface area (Å²) in [6, 6.07) is 8.33. The summed E-state index contributed by atoms with van der Waals surface area (Å²) in [5.41, 5.74) is 2.35. The molecule has 3 nitrogen and oxygen atoms in total. The molecule has 0 aliphatic carbocycles. The van der Waals surface area contributed by atoms with E-state index < -0.39 is 0 Å². The van der Waals surface area contributed by atoms with E-state index in [-0.39, 0.29) is 6.04 Å². The van der Waals surface area contributed by atoms with Crippen LogP contribution >= 0.6 is 11.3 Å². The second kappa shape index (κ2) is 7.31. The maximum absolute atomic E-state index is 5.98. The molecule has 0 bridgehead atoms. The summed E-state index contributed by atoms with van der Waals surface area (Å²) in [4.78, 5) is 0. The largest absolute Gasteiger partial charge is 0.497 e. The van der Waals surface area contributed by atoms with E-state index in [0.717, 1.165) is 23.6 Å². The van der Waals surface area contributed by atoms with E-state index in [1.807, 2.05) is 12.1 Å². The van der Waals surface area contributed by atoms with Crippen molar-refractivity contribution in [3.63, 3.8) is 0 Å². The smallest absolute Gasteiger partial charge is 0.128 e. The number of nitrogens with one attached hydrogen (secondary N) is 1. The van der Waals surface area contributed by atoms with Crippen molar-refractivity contribution < 1.29 is 9.47 Å². The van der Waals surface area contributed by atoms with Gasteiger partial charge in [0.15, 0.2) is 0 Å². The minimum absolute atomic E-state index is 0.253. The molecule has 0 saturated heterocycles. The Morgan fingerprint density at radius 2 is 2.15 bits per heavy atom. The number of thiophene rings is 1. The van der Waals surface area contributed by atoms with Crippen LogP contribution in [0.25, 0.3) is 0 Å². The van der Waals surface area contributed by atoms with Crippen molar-refractivity contribution >= 4 is 11.3 Å². The molecule has 1 aromatic carbocycles. The summed E-state index contributed by atoms with van der Waals surface area (Å²) >= 11 is 1.68. The second-order valence-electron chi connectivity index (χ2n) is 4.60. The highest BCUT2D eigenvalue weighted by molar-refractivity contribution is 7.07. The third-order valence-corrected chi connectivity index (χ3v) is 3.90. The molecule has 1 heterocycles. The van der Waals surface area contributed by atoms with Crippen LogP contribution in [-0.2, 0) is 6.61 Å². The van der Waals surface area contributed by atoms with Crippen LogP contribution in [0.1, 0.15) is 31.0 Å². The van der Waals surface area contributed by atoms with Crippen LogP contribution in [0.2, 0.25) is 0 Å². The van der Waals surface area contributed by atoms with Gasteiger partial charge in [0.05, 0.1) is 7.11 Å². The summed E-state index contributed by atoms with van der Waals surface area (Å²) in [7, 11) is 1.67. The fraction of sp³-hybridized carbons (Fsp3) is 0.375. The number of methoxy groups -OCH3 is 1. The molecular formula is C16H21NO2S. The Hall–Kier alpha value is -1.52. The van der Waals surface area contributed by atoms with Crippen LogP contribution in [0.3, 0.4) is 0 Å². The molecule has 4 heteroatoms. The van der Waals surface area contributed by atoms with Crippen LogP contribution in [-0.4, -0.2) is 13.7 Å². The Morgan fingerprint density at radius 1 is 1.30 bits per heavy atom. The third-order valence-electron chi connectivity index (χ3n) is 3.17. The lowest BCUT2D eigenvalue weighted by Gasteiger charge is -2.18. The maximum atomic E-state index is 5.98. The molecule has 0 amide bonds. The standard InChI is InChI=1S/C16H21NO2S/c1-4-17-12(2)15-6-5-14(18-3)9-16(15)19-10-13-7-8-20-11-13/h5-9,11-12,17H,4,10H2,1-3H3.